The van der Waals surface area contributed by atoms with E-state index in [9.17, 15) is 27.9 Å². The quantitative estimate of drug-likeness (QED) is 0.320. The smallest absolute Gasteiger partial charge is 0.446 e. The van der Waals surface area contributed by atoms with Crippen molar-refractivity contribution in [2.45, 2.75) is 36.7 Å². The topological polar surface area (TPSA) is 76.1 Å². The maximum atomic E-state index is 13.2. The molecule has 0 fully saturated rings. The molecule has 1 N–H and O–H groups in total. The fourth-order valence-corrected chi connectivity index (χ4v) is 4.35. The van der Waals surface area contributed by atoms with Gasteiger partial charge in [0.25, 0.3) is 5.91 Å². The minimum atomic E-state index is -4.46. The second-order valence-corrected chi connectivity index (χ2v) is 9.42. The summed E-state index contributed by atoms with van der Waals surface area (Å²) in [6, 6.07) is 11.0. The summed E-state index contributed by atoms with van der Waals surface area (Å²) < 4.78 is 49.1. The van der Waals surface area contributed by atoms with Crippen LogP contribution in [0, 0.1) is 5.92 Å². The number of Topliss-reactive ketones (excluding diaryl/α,β-unsaturated/α-hetero) is 1. The summed E-state index contributed by atoms with van der Waals surface area (Å²) in [4.78, 5) is 27.5. The summed E-state index contributed by atoms with van der Waals surface area (Å²) in [7, 11) is 1.52. The average Bonchev–Trinajstić information content (AvgIpc) is 3.04. The first-order valence-corrected chi connectivity index (χ1v) is 11.7. The van der Waals surface area contributed by atoms with Crippen molar-refractivity contribution in [1.82, 2.24) is 0 Å². The molecule has 1 aliphatic heterocycles. The number of nitrogens with zero attached hydrogens (tertiary/aromatic N) is 1. The van der Waals surface area contributed by atoms with Crippen molar-refractivity contribution in [2.75, 3.05) is 25.2 Å². The number of halogens is 3. The monoisotopic (exact) mass is 509 g/mol. The molecule has 10 heteroatoms. The van der Waals surface area contributed by atoms with E-state index in [-0.39, 0.29) is 46.9 Å². The Labute approximate surface area is 205 Å². The summed E-state index contributed by atoms with van der Waals surface area (Å²) in [5.41, 5.74) is -3.83. The number of benzene rings is 2. The van der Waals surface area contributed by atoms with Crippen molar-refractivity contribution in [1.29, 1.82) is 0 Å². The standard InChI is InChI=1S/C25H26F3NO5S/c1-15(2)14-19(30)21-22(18-6-4-5-7-20(18)34-13-12-33-3)29(24(32)23(21)31)16-8-10-17(11-9-16)35-25(26,27)28/h4-11,15,22,31H,12-14H2,1-3H3. The van der Waals surface area contributed by atoms with Gasteiger partial charge in [0, 0.05) is 29.7 Å². The highest BCUT2D eigenvalue weighted by atomic mass is 32.2. The Hall–Kier alpha value is -2.98. The van der Waals surface area contributed by atoms with Gasteiger partial charge < -0.3 is 14.6 Å². The Morgan fingerprint density at radius 2 is 1.77 bits per heavy atom. The number of carbonyl (C=O) groups is 2. The molecule has 0 aliphatic carbocycles. The van der Waals surface area contributed by atoms with Crippen molar-refractivity contribution in [2.24, 2.45) is 5.92 Å². The van der Waals surface area contributed by atoms with Crippen molar-refractivity contribution in [3.05, 3.63) is 65.4 Å². The van der Waals surface area contributed by atoms with Crippen molar-refractivity contribution in [3.8, 4) is 5.75 Å². The Kier molecular flexibility index (Phi) is 8.50. The van der Waals surface area contributed by atoms with Crippen LogP contribution >= 0.6 is 11.8 Å². The molecule has 35 heavy (non-hydrogen) atoms. The van der Waals surface area contributed by atoms with E-state index in [0.29, 0.717) is 17.9 Å². The van der Waals surface area contributed by atoms with E-state index >= 15 is 0 Å². The Morgan fingerprint density at radius 1 is 1.11 bits per heavy atom. The van der Waals surface area contributed by atoms with Gasteiger partial charge in [-0.2, -0.15) is 13.2 Å². The van der Waals surface area contributed by atoms with Crippen LogP contribution in [-0.4, -0.2) is 42.6 Å². The van der Waals surface area contributed by atoms with E-state index in [0.717, 1.165) is 0 Å². The largest absolute Gasteiger partial charge is 0.503 e. The highest BCUT2D eigenvalue weighted by molar-refractivity contribution is 8.00. The summed E-state index contributed by atoms with van der Waals surface area (Å²) in [5, 5.41) is 10.8. The van der Waals surface area contributed by atoms with Crippen LogP contribution in [0.2, 0.25) is 0 Å². The van der Waals surface area contributed by atoms with Crippen LogP contribution in [0.4, 0.5) is 18.9 Å². The van der Waals surface area contributed by atoms with E-state index < -0.39 is 29.0 Å². The average molecular weight is 510 g/mol. The minimum Gasteiger partial charge on any atom is -0.503 e. The number of rotatable bonds is 10. The SMILES string of the molecule is COCCOc1ccccc1C1C(C(=O)CC(C)C)=C(O)C(=O)N1c1ccc(SC(F)(F)F)cc1. The molecule has 1 amide bonds. The van der Waals surface area contributed by atoms with Gasteiger partial charge in [0.05, 0.1) is 18.2 Å². The number of ketones is 1. The first-order valence-electron chi connectivity index (χ1n) is 10.9. The van der Waals surface area contributed by atoms with E-state index in [2.05, 4.69) is 0 Å². The third kappa shape index (κ3) is 6.37. The lowest BCUT2D eigenvalue weighted by molar-refractivity contribution is -0.118. The molecular formula is C25H26F3NO5S. The molecule has 0 saturated carbocycles. The predicted molar refractivity (Wildman–Crippen MR) is 127 cm³/mol. The second-order valence-electron chi connectivity index (χ2n) is 8.28. The van der Waals surface area contributed by atoms with Gasteiger partial charge in [0.1, 0.15) is 12.4 Å². The van der Waals surface area contributed by atoms with E-state index in [4.69, 9.17) is 9.47 Å². The number of para-hydroxylation sites is 1. The first-order chi connectivity index (χ1) is 16.5. The van der Waals surface area contributed by atoms with Crippen LogP contribution in [0.15, 0.2) is 64.8 Å². The van der Waals surface area contributed by atoms with Crippen molar-refractivity contribution < 1.29 is 37.3 Å². The maximum Gasteiger partial charge on any atom is 0.446 e. The minimum absolute atomic E-state index is 0.0283. The molecule has 6 nitrogen and oxygen atoms in total. The molecule has 1 aliphatic rings. The summed E-state index contributed by atoms with van der Waals surface area (Å²) in [6.45, 7) is 4.21. The van der Waals surface area contributed by atoms with E-state index in [1.807, 2.05) is 13.8 Å². The number of anilines is 1. The lowest BCUT2D eigenvalue weighted by Gasteiger charge is -2.28. The zero-order valence-electron chi connectivity index (χ0n) is 19.5. The number of carbonyl (C=O) groups excluding carboxylic acids is 2. The number of aliphatic hydroxyl groups is 1. The molecule has 0 radical (unpaired) electrons. The fraction of sp³-hybridized carbons (Fsp3) is 0.360. The summed E-state index contributed by atoms with van der Waals surface area (Å²) >= 11 is -0.273. The van der Waals surface area contributed by atoms with Gasteiger partial charge in [-0.1, -0.05) is 32.0 Å². The number of hydrogen-bond acceptors (Lipinski definition) is 6. The number of aliphatic hydroxyl groups excluding tert-OH is 1. The van der Waals surface area contributed by atoms with Crippen molar-refractivity contribution in [3.63, 3.8) is 0 Å². The van der Waals surface area contributed by atoms with Crippen molar-refractivity contribution >= 4 is 29.1 Å². The number of methoxy groups -OCH3 is 1. The number of amides is 1. The number of thioether (sulfide) groups is 1. The van der Waals surface area contributed by atoms with Crippen LogP contribution in [0.5, 0.6) is 5.75 Å². The van der Waals surface area contributed by atoms with Crippen LogP contribution in [0.25, 0.3) is 0 Å². The Morgan fingerprint density at radius 3 is 2.37 bits per heavy atom. The zero-order valence-corrected chi connectivity index (χ0v) is 20.3. The Bertz CT molecular complexity index is 1100. The van der Waals surface area contributed by atoms with Gasteiger partial charge in [-0.3, -0.25) is 14.5 Å². The van der Waals surface area contributed by atoms with Crippen LogP contribution in [0.3, 0.4) is 0 Å². The highest BCUT2D eigenvalue weighted by Gasteiger charge is 2.45. The van der Waals surface area contributed by atoms with Gasteiger partial charge in [0.2, 0.25) is 0 Å². The normalized spacial score (nSPS) is 16.4. The molecule has 0 bridgehead atoms. The number of hydrogen-bond donors (Lipinski definition) is 1. The molecule has 0 aromatic heterocycles. The maximum absolute atomic E-state index is 13.2. The number of alkyl halides is 3. The first kappa shape index (κ1) is 26.6. The van der Waals surface area contributed by atoms with Gasteiger partial charge >= 0.3 is 5.51 Å². The molecular weight excluding hydrogens is 483 g/mol. The third-order valence-corrected chi connectivity index (χ3v) is 5.95. The van der Waals surface area contributed by atoms with E-state index in [1.165, 1.54) is 36.3 Å². The third-order valence-electron chi connectivity index (χ3n) is 5.21. The summed E-state index contributed by atoms with van der Waals surface area (Å²) in [5.74, 6) is -1.53. The van der Waals surface area contributed by atoms with Crippen LogP contribution in [0.1, 0.15) is 31.9 Å². The van der Waals surface area contributed by atoms with E-state index in [1.54, 1.807) is 24.3 Å². The number of ether oxygens (including phenoxy) is 2. The summed E-state index contributed by atoms with van der Waals surface area (Å²) in [6.07, 6.45) is 0.102. The molecule has 188 valence electrons. The van der Waals surface area contributed by atoms with Gasteiger partial charge in [-0.15, -0.1) is 0 Å². The molecule has 2 aromatic rings. The molecule has 3 rings (SSSR count). The molecule has 0 spiro atoms. The molecule has 1 atom stereocenters. The van der Waals surface area contributed by atoms with Gasteiger partial charge in [0.15, 0.2) is 11.5 Å². The zero-order chi connectivity index (χ0) is 25.8. The molecule has 2 aromatic carbocycles. The lowest BCUT2D eigenvalue weighted by Crippen LogP contribution is -2.31. The van der Waals surface area contributed by atoms with Gasteiger partial charge in [-0.05, 0) is 48.0 Å². The van der Waals surface area contributed by atoms with Crippen LogP contribution < -0.4 is 9.64 Å². The lowest BCUT2D eigenvalue weighted by atomic mass is 9.91. The second kappa shape index (κ2) is 11.2. The molecule has 1 unspecified atom stereocenters. The van der Waals surface area contributed by atoms with Gasteiger partial charge in [-0.25, -0.2) is 0 Å². The molecule has 1 heterocycles. The molecule has 0 saturated heterocycles. The highest BCUT2D eigenvalue weighted by Crippen LogP contribution is 2.45. The fourth-order valence-electron chi connectivity index (χ4n) is 3.81. The Balaban J connectivity index is 2.09. The van der Waals surface area contributed by atoms with Crippen LogP contribution in [-0.2, 0) is 14.3 Å². The predicted octanol–water partition coefficient (Wildman–Crippen LogP) is 5.84.